The third-order valence-corrected chi connectivity index (χ3v) is 14.6. The van der Waals surface area contributed by atoms with Crippen molar-refractivity contribution in [3.63, 3.8) is 0 Å². The van der Waals surface area contributed by atoms with Crippen molar-refractivity contribution in [1.29, 1.82) is 0 Å². The van der Waals surface area contributed by atoms with E-state index in [4.69, 9.17) is 18.6 Å². The van der Waals surface area contributed by atoms with Crippen molar-refractivity contribution >= 4 is 37.2 Å². The molecule has 1 aliphatic carbocycles. The minimum atomic E-state index is -2.29. The molecule has 6 rings (SSSR count). The molecule has 1 saturated heterocycles. The Hall–Kier alpha value is -3.97. The topological polar surface area (TPSA) is 127 Å². The molecule has 11 nitrogen and oxygen atoms in total. The van der Waals surface area contributed by atoms with Crippen LogP contribution < -0.4 is 5.32 Å². The first-order valence-corrected chi connectivity index (χ1v) is 19.5. The second kappa shape index (κ2) is 12.8. The van der Waals surface area contributed by atoms with E-state index >= 15 is 0 Å². The number of hydrogen-bond donors (Lipinski definition) is 1. The number of anilines is 1. The lowest BCUT2D eigenvalue weighted by Crippen LogP contribution is -2.60. The van der Waals surface area contributed by atoms with Crippen LogP contribution in [0.2, 0.25) is 18.1 Å². The highest BCUT2D eigenvalue weighted by molar-refractivity contribution is 6.74. The fourth-order valence-corrected chi connectivity index (χ4v) is 8.18. The Balaban J connectivity index is 1.43. The van der Waals surface area contributed by atoms with Crippen LogP contribution in [0.1, 0.15) is 76.0 Å². The highest BCUT2D eigenvalue weighted by atomic mass is 28.4. The van der Waals surface area contributed by atoms with Gasteiger partial charge in [0.25, 0.3) is 5.91 Å². The Morgan fingerprint density at radius 3 is 2.29 bits per heavy atom. The Bertz CT molecular complexity index is 1770. The predicted molar refractivity (Wildman–Crippen MR) is 184 cm³/mol. The summed E-state index contributed by atoms with van der Waals surface area (Å²) in [6.45, 7) is 14.9. The van der Waals surface area contributed by atoms with Crippen LogP contribution >= 0.6 is 0 Å². The summed E-state index contributed by atoms with van der Waals surface area (Å²) in [4.78, 5) is 39.3. The van der Waals surface area contributed by atoms with Crippen LogP contribution in [0.25, 0.3) is 11.2 Å². The fourth-order valence-electron chi connectivity index (χ4n) is 6.52. The molecule has 4 atom stereocenters. The summed E-state index contributed by atoms with van der Waals surface area (Å²) in [5.41, 5.74) is 0.665. The van der Waals surface area contributed by atoms with Gasteiger partial charge in [-0.3, -0.25) is 14.2 Å². The summed E-state index contributed by atoms with van der Waals surface area (Å²) in [6.07, 6.45) is 2.70. The number of aromatic nitrogens is 4. The number of hydrogen-bond acceptors (Lipinski definition) is 9. The molecule has 1 aliphatic heterocycles. The molecule has 1 unspecified atom stereocenters. The maximum absolute atomic E-state index is 13.0. The summed E-state index contributed by atoms with van der Waals surface area (Å²) in [5.74, 6) is -0.523. The Morgan fingerprint density at radius 2 is 1.69 bits per heavy atom. The summed E-state index contributed by atoms with van der Waals surface area (Å²) in [5, 5.41) is 2.83. The van der Waals surface area contributed by atoms with E-state index in [0.29, 0.717) is 29.8 Å². The maximum Gasteiger partial charge on any atom is 0.303 e. The predicted octanol–water partition coefficient (Wildman–Crippen LogP) is 6.83. The van der Waals surface area contributed by atoms with Gasteiger partial charge < -0.3 is 24.0 Å². The van der Waals surface area contributed by atoms with E-state index in [1.54, 1.807) is 35.2 Å². The number of nitrogens with zero attached hydrogens (tertiary/aromatic N) is 4. The number of fused-ring (bicyclic) bond motifs is 1. The van der Waals surface area contributed by atoms with E-state index in [-0.39, 0.29) is 16.8 Å². The van der Waals surface area contributed by atoms with E-state index < -0.39 is 43.9 Å². The largest absolute Gasteiger partial charge is 0.455 e. The number of rotatable bonds is 11. The van der Waals surface area contributed by atoms with Crippen molar-refractivity contribution < 1.29 is 28.2 Å². The molecule has 0 spiro atoms. The standard InChI is InChI=1S/C36H45N5O6Si/c1-8-36(35(19-20-35)47-48(6,7)34(3,4)5)29(44-21-25-15-11-9-12-16-25)28(45-24(2)42)33(46-36)41-23-39-27-30(37-22-38-31(27)41)40-32(43)26-17-13-10-14-18-26/h9-18,22-23,28-29,33H,8,19-21H2,1-7H3,(H,37,38,40,43)/t28-,29?,33+,36-/m0/s1. The number of ether oxygens (including phenoxy) is 3. The quantitative estimate of drug-likeness (QED) is 0.135. The van der Waals surface area contributed by atoms with Gasteiger partial charge >= 0.3 is 5.97 Å². The van der Waals surface area contributed by atoms with Crippen LogP contribution in [0.4, 0.5) is 5.82 Å². The molecule has 2 aromatic heterocycles. The summed E-state index contributed by atoms with van der Waals surface area (Å²) in [7, 11) is -2.29. The van der Waals surface area contributed by atoms with Gasteiger partial charge in [-0.1, -0.05) is 76.2 Å². The molecule has 1 N–H and O–H groups in total. The van der Waals surface area contributed by atoms with Gasteiger partial charge in [0.1, 0.15) is 18.0 Å². The smallest absolute Gasteiger partial charge is 0.303 e. The van der Waals surface area contributed by atoms with Crippen LogP contribution in [0.15, 0.2) is 73.3 Å². The van der Waals surface area contributed by atoms with Crippen LogP contribution in [-0.2, 0) is 30.0 Å². The number of esters is 1. The molecular weight excluding hydrogens is 627 g/mol. The number of amides is 1. The van der Waals surface area contributed by atoms with E-state index in [0.717, 1.165) is 18.4 Å². The van der Waals surface area contributed by atoms with Gasteiger partial charge in [0.15, 0.2) is 37.6 Å². The molecule has 0 radical (unpaired) electrons. The van der Waals surface area contributed by atoms with Gasteiger partial charge in [-0.15, -0.1) is 0 Å². The molecule has 1 amide bonds. The Morgan fingerprint density at radius 1 is 1.02 bits per heavy atom. The zero-order valence-electron chi connectivity index (χ0n) is 28.7. The molecule has 48 heavy (non-hydrogen) atoms. The lowest BCUT2D eigenvalue weighted by Gasteiger charge is -2.47. The van der Waals surface area contributed by atoms with Crippen molar-refractivity contribution in [3.8, 4) is 0 Å². The van der Waals surface area contributed by atoms with Crippen molar-refractivity contribution in [2.75, 3.05) is 5.32 Å². The van der Waals surface area contributed by atoms with Crippen molar-refractivity contribution in [2.24, 2.45) is 0 Å². The third-order valence-electron chi connectivity index (χ3n) is 10.1. The zero-order valence-corrected chi connectivity index (χ0v) is 29.7. The van der Waals surface area contributed by atoms with E-state index in [1.165, 1.54) is 13.3 Å². The highest BCUT2D eigenvalue weighted by Crippen LogP contribution is 2.62. The lowest BCUT2D eigenvalue weighted by atomic mass is 9.84. The first kappa shape index (κ1) is 33.9. The van der Waals surface area contributed by atoms with Gasteiger partial charge in [-0.25, -0.2) is 15.0 Å². The number of benzene rings is 2. The number of nitrogens with one attached hydrogen (secondary N) is 1. The maximum atomic E-state index is 13.0. The van der Waals surface area contributed by atoms with Gasteiger partial charge in [-0.2, -0.15) is 0 Å². The summed E-state index contributed by atoms with van der Waals surface area (Å²) >= 11 is 0. The first-order valence-electron chi connectivity index (χ1n) is 16.6. The second-order valence-corrected chi connectivity index (χ2v) is 19.0. The SMILES string of the molecule is CC[C@]1(C2(O[Si](C)(C)C(C)(C)C)CC2)O[C@@H](n2cnc3c(NC(=O)c4ccccc4)ncnc32)[C@@H](OC(C)=O)C1OCc1ccccc1. The van der Waals surface area contributed by atoms with Crippen molar-refractivity contribution in [2.45, 2.75) is 108 Å². The molecule has 2 aromatic carbocycles. The second-order valence-electron chi connectivity index (χ2n) is 14.3. The van der Waals surface area contributed by atoms with Crippen LogP contribution in [0, 0.1) is 0 Å². The average molecular weight is 672 g/mol. The number of carbonyl (C=O) groups excluding carboxylic acids is 2. The van der Waals surface area contributed by atoms with Crippen LogP contribution in [0.3, 0.4) is 0 Å². The molecule has 2 fully saturated rings. The van der Waals surface area contributed by atoms with Gasteiger partial charge in [-0.05, 0) is 55.1 Å². The zero-order chi connectivity index (χ0) is 34.3. The van der Waals surface area contributed by atoms with Crippen LogP contribution in [0.5, 0.6) is 0 Å². The summed E-state index contributed by atoms with van der Waals surface area (Å²) < 4.78 is 29.2. The Labute approximate surface area is 282 Å². The Kier molecular flexibility index (Phi) is 9.05. The molecule has 3 heterocycles. The number of imidazole rings is 1. The lowest BCUT2D eigenvalue weighted by molar-refractivity contribution is -0.184. The normalized spacial score (nSPS) is 23.6. The van der Waals surface area contributed by atoms with E-state index in [1.807, 2.05) is 36.4 Å². The molecule has 4 aromatic rings. The van der Waals surface area contributed by atoms with Gasteiger partial charge in [0.05, 0.1) is 18.5 Å². The minimum absolute atomic E-state index is 0.0384. The van der Waals surface area contributed by atoms with Crippen molar-refractivity contribution in [3.05, 3.63) is 84.4 Å². The summed E-state index contributed by atoms with van der Waals surface area (Å²) in [6, 6.07) is 18.8. The molecule has 254 valence electrons. The minimum Gasteiger partial charge on any atom is -0.455 e. The molecular formula is C36H45N5O6Si. The highest BCUT2D eigenvalue weighted by Gasteiger charge is 2.73. The van der Waals surface area contributed by atoms with Gasteiger partial charge in [0.2, 0.25) is 0 Å². The molecule has 1 saturated carbocycles. The monoisotopic (exact) mass is 671 g/mol. The molecule has 0 bridgehead atoms. The average Bonchev–Trinajstić information content (AvgIpc) is 3.58. The van der Waals surface area contributed by atoms with Crippen molar-refractivity contribution in [1.82, 2.24) is 19.5 Å². The van der Waals surface area contributed by atoms with Crippen LogP contribution in [-0.4, -0.2) is 63.1 Å². The fraction of sp³-hybridized carbons (Fsp3) is 0.472. The van der Waals surface area contributed by atoms with Gasteiger partial charge in [0, 0.05) is 12.5 Å². The molecule has 12 heteroatoms. The number of carbonyl (C=O) groups is 2. The molecule has 2 aliphatic rings. The first-order chi connectivity index (χ1) is 22.8. The van der Waals surface area contributed by atoms with E-state index in [9.17, 15) is 9.59 Å². The third kappa shape index (κ3) is 6.18. The van der Waals surface area contributed by atoms with E-state index in [2.05, 4.69) is 61.1 Å².